The molecule has 2 heteroatoms. The van der Waals surface area contributed by atoms with Crippen molar-refractivity contribution in [1.29, 1.82) is 0 Å². The van der Waals surface area contributed by atoms with Crippen LogP contribution in [0.5, 0.6) is 0 Å². The highest BCUT2D eigenvalue weighted by Gasteiger charge is 2.24. The van der Waals surface area contributed by atoms with Gasteiger partial charge in [-0.2, -0.15) is 0 Å². The van der Waals surface area contributed by atoms with Crippen molar-refractivity contribution in [2.45, 2.75) is 18.9 Å². The molecule has 1 aliphatic rings. The van der Waals surface area contributed by atoms with Crippen molar-refractivity contribution >= 4 is 5.91 Å². The summed E-state index contributed by atoms with van der Waals surface area (Å²) in [6, 6.07) is 0.289. The smallest absolute Gasteiger partial charge is 0.222 e. The van der Waals surface area contributed by atoms with Crippen LogP contribution in [0.25, 0.3) is 0 Å². The molecule has 0 radical (unpaired) electrons. The first kappa shape index (κ1) is 6.33. The van der Waals surface area contributed by atoms with E-state index in [0.29, 0.717) is 6.42 Å². The fourth-order valence-corrected chi connectivity index (χ4v) is 1.10. The molecule has 0 saturated carbocycles. The largest absolute Gasteiger partial charge is 0.339 e. The molecule has 1 fully saturated rings. The number of carbonyl (C=O) groups is 1. The van der Waals surface area contributed by atoms with E-state index in [-0.39, 0.29) is 11.9 Å². The second-order valence-corrected chi connectivity index (χ2v) is 2.35. The van der Waals surface area contributed by atoms with Crippen molar-refractivity contribution in [3.8, 4) is 0 Å². The Morgan fingerprint density at radius 2 is 2.56 bits per heavy atom. The van der Waals surface area contributed by atoms with Crippen molar-refractivity contribution in [3.63, 3.8) is 0 Å². The van der Waals surface area contributed by atoms with Gasteiger partial charge in [0.25, 0.3) is 0 Å². The Kier molecular flexibility index (Phi) is 1.56. The Balaban J connectivity index is 2.61. The van der Waals surface area contributed by atoms with Gasteiger partial charge in [-0.15, -0.1) is 6.58 Å². The third kappa shape index (κ3) is 0.969. The van der Waals surface area contributed by atoms with Crippen LogP contribution in [0.2, 0.25) is 0 Å². The highest BCUT2D eigenvalue weighted by Crippen LogP contribution is 2.16. The molecule has 0 aromatic heterocycles. The Morgan fingerprint density at radius 3 is 2.78 bits per heavy atom. The number of nitrogens with zero attached hydrogens (tertiary/aromatic N) is 1. The molecule has 50 valence electrons. The SMILES string of the molecule is C=CC1CCC(=O)N1C. The summed E-state index contributed by atoms with van der Waals surface area (Å²) >= 11 is 0. The molecule has 9 heavy (non-hydrogen) atoms. The van der Waals surface area contributed by atoms with E-state index in [4.69, 9.17) is 0 Å². The lowest BCUT2D eigenvalue weighted by Crippen LogP contribution is -2.26. The van der Waals surface area contributed by atoms with Crippen molar-refractivity contribution in [1.82, 2.24) is 4.90 Å². The molecule has 1 unspecified atom stereocenters. The molecule has 0 aliphatic carbocycles. The number of likely N-dealkylation sites (N-methyl/N-ethyl adjacent to an activating group) is 1. The van der Waals surface area contributed by atoms with Crippen LogP contribution in [0.3, 0.4) is 0 Å². The normalized spacial score (nSPS) is 27.0. The molecule has 1 heterocycles. The van der Waals surface area contributed by atoms with Crippen molar-refractivity contribution in [2.75, 3.05) is 7.05 Å². The fourth-order valence-electron chi connectivity index (χ4n) is 1.10. The molecule has 0 spiro atoms. The molecular weight excluding hydrogens is 114 g/mol. The van der Waals surface area contributed by atoms with E-state index in [2.05, 4.69) is 6.58 Å². The lowest BCUT2D eigenvalue weighted by Gasteiger charge is -2.14. The molecule has 1 atom stereocenters. The predicted molar refractivity (Wildman–Crippen MR) is 36.0 cm³/mol. The summed E-state index contributed by atoms with van der Waals surface area (Å²) in [6.45, 7) is 3.63. The molecular formula is C7H11NO. The van der Waals surface area contributed by atoms with Gasteiger partial charge in [0.2, 0.25) is 5.91 Å². The summed E-state index contributed by atoms with van der Waals surface area (Å²) in [7, 11) is 1.82. The Morgan fingerprint density at radius 1 is 1.89 bits per heavy atom. The number of rotatable bonds is 1. The van der Waals surface area contributed by atoms with Crippen LogP contribution in [-0.4, -0.2) is 23.9 Å². The predicted octanol–water partition coefficient (Wildman–Crippen LogP) is 0.793. The number of carbonyl (C=O) groups excluding carboxylic acids is 1. The van der Waals surface area contributed by atoms with Crippen LogP contribution in [0.4, 0.5) is 0 Å². The first-order valence-electron chi connectivity index (χ1n) is 3.14. The van der Waals surface area contributed by atoms with Gasteiger partial charge >= 0.3 is 0 Å². The van der Waals surface area contributed by atoms with E-state index >= 15 is 0 Å². The summed E-state index contributed by atoms with van der Waals surface area (Å²) < 4.78 is 0. The number of amides is 1. The van der Waals surface area contributed by atoms with Gasteiger partial charge in [-0.3, -0.25) is 4.79 Å². The lowest BCUT2D eigenvalue weighted by atomic mass is 10.2. The van der Waals surface area contributed by atoms with Crippen LogP contribution >= 0.6 is 0 Å². The molecule has 1 amide bonds. The quantitative estimate of drug-likeness (QED) is 0.474. The van der Waals surface area contributed by atoms with Gasteiger partial charge in [-0.1, -0.05) is 6.08 Å². The Labute approximate surface area is 55.2 Å². The number of hydrogen-bond acceptors (Lipinski definition) is 1. The average molecular weight is 125 g/mol. The standard InChI is InChI=1S/C7H11NO/c1-3-6-4-5-7(9)8(6)2/h3,6H,1,4-5H2,2H3. The van der Waals surface area contributed by atoms with Gasteiger partial charge in [0.05, 0.1) is 0 Å². The molecule has 1 rings (SSSR count). The maximum Gasteiger partial charge on any atom is 0.222 e. The monoisotopic (exact) mass is 125 g/mol. The summed E-state index contributed by atoms with van der Waals surface area (Å²) in [5.74, 6) is 0.236. The van der Waals surface area contributed by atoms with Gasteiger partial charge < -0.3 is 4.90 Å². The zero-order valence-corrected chi connectivity index (χ0v) is 5.63. The molecule has 0 bridgehead atoms. The molecule has 2 nitrogen and oxygen atoms in total. The minimum Gasteiger partial charge on any atom is -0.339 e. The van der Waals surface area contributed by atoms with Gasteiger partial charge in [-0.05, 0) is 6.42 Å². The highest BCUT2D eigenvalue weighted by molar-refractivity contribution is 5.78. The van der Waals surface area contributed by atoms with Crippen LogP contribution in [-0.2, 0) is 4.79 Å². The molecule has 0 N–H and O–H groups in total. The van der Waals surface area contributed by atoms with Crippen molar-refractivity contribution in [2.24, 2.45) is 0 Å². The minimum atomic E-state index is 0.236. The van der Waals surface area contributed by atoms with Gasteiger partial charge in [-0.25, -0.2) is 0 Å². The van der Waals surface area contributed by atoms with E-state index in [0.717, 1.165) is 6.42 Å². The van der Waals surface area contributed by atoms with Crippen LogP contribution < -0.4 is 0 Å². The maximum atomic E-state index is 10.8. The Bertz CT molecular complexity index is 142. The third-order valence-corrected chi connectivity index (χ3v) is 1.82. The Hall–Kier alpha value is -0.790. The van der Waals surface area contributed by atoms with Gasteiger partial charge in [0.15, 0.2) is 0 Å². The summed E-state index contributed by atoms with van der Waals surface area (Å²) in [6.07, 6.45) is 3.46. The molecule has 1 aliphatic heterocycles. The zero-order chi connectivity index (χ0) is 6.85. The fraction of sp³-hybridized carbons (Fsp3) is 0.571. The molecule has 1 saturated heterocycles. The molecule has 0 aromatic rings. The lowest BCUT2D eigenvalue weighted by molar-refractivity contribution is -0.127. The summed E-state index contributed by atoms with van der Waals surface area (Å²) in [4.78, 5) is 12.6. The van der Waals surface area contributed by atoms with Crippen LogP contribution in [0.1, 0.15) is 12.8 Å². The van der Waals surface area contributed by atoms with E-state index in [9.17, 15) is 4.79 Å². The van der Waals surface area contributed by atoms with Gasteiger partial charge in [0.1, 0.15) is 0 Å². The van der Waals surface area contributed by atoms with Crippen molar-refractivity contribution in [3.05, 3.63) is 12.7 Å². The average Bonchev–Trinajstić information content (AvgIpc) is 2.15. The highest BCUT2D eigenvalue weighted by atomic mass is 16.2. The topological polar surface area (TPSA) is 20.3 Å². The molecule has 0 aromatic carbocycles. The number of likely N-dealkylation sites (tertiary alicyclic amines) is 1. The van der Waals surface area contributed by atoms with Gasteiger partial charge in [0, 0.05) is 19.5 Å². The third-order valence-electron chi connectivity index (χ3n) is 1.82. The first-order valence-corrected chi connectivity index (χ1v) is 3.14. The van der Waals surface area contributed by atoms with E-state index in [1.807, 2.05) is 13.1 Å². The second-order valence-electron chi connectivity index (χ2n) is 2.35. The van der Waals surface area contributed by atoms with Crippen LogP contribution in [0.15, 0.2) is 12.7 Å². The minimum absolute atomic E-state index is 0.236. The van der Waals surface area contributed by atoms with E-state index in [1.54, 1.807) is 4.90 Å². The summed E-state index contributed by atoms with van der Waals surface area (Å²) in [5, 5.41) is 0. The zero-order valence-electron chi connectivity index (χ0n) is 5.63. The van der Waals surface area contributed by atoms with Crippen molar-refractivity contribution < 1.29 is 4.79 Å². The van der Waals surface area contributed by atoms with Crippen LogP contribution in [0, 0.1) is 0 Å². The maximum absolute atomic E-state index is 10.8. The summed E-state index contributed by atoms with van der Waals surface area (Å²) in [5.41, 5.74) is 0. The second kappa shape index (κ2) is 2.21. The van der Waals surface area contributed by atoms with E-state index < -0.39 is 0 Å². The van der Waals surface area contributed by atoms with E-state index in [1.165, 1.54) is 0 Å². The first-order chi connectivity index (χ1) is 4.25. The number of hydrogen-bond donors (Lipinski definition) is 0.